The Labute approximate surface area is 123 Å². The van der Waals surface area contributed by atoms with Crippen molar-refractivity contribution in [2.75, 3.05) is 7.11 Å². The van der Waals surface area contributed by atoms with Gasteiger partial charge in [-0.1, -0.05) is 0 Å². The molecular formula is C14H19N5O2. The van der Waals surface area contributed by atoms with E-state index in [0.717, 1.165) is 23.6 Å². The molecule has 2 aromatic rings. The molecule has 0 spiro atoms. The van der Waals surface area contributed by atoms with Crippen LogP contribution in [0.3, 0.4) is 0 Å². The highest BCUT2D eigenvalue weighted by Gasteiger charge is 2.21. The predicted molar refractivity (Wildman–Crippen MR) is 76.0 cm³/mol. The van der Waals surface area contributed by atoms with Crippen LogP contribution in [0.25, 0.3) is 0 Å². The molecule has 7 heteroatoms. The Balaban J connectivity index is 1.69. The molecule has 1 aromatic heterocycles. The molecule has 3 rings (SSSR count). The summed E-state index contributed by atoms with van der Waals surface area (Å²) in [6.45, 7) is 1.07. The molecule has 1 saturated carbocycles. The van der Waals surface area contributed by atoms with Crippen molar-refractivity contribution in [2.24, 2.45) is 7.05 Å². The molecule has 0 aliphatic heterocycles. The van der Waals surface area contributed by atoms with Gasteiger partial charge in [0.2, 0.25) is 5.82 Å². The lowest BCUT2D eigenvalue weighted by atomic mass is 10.2. The number of ether oxygens (including phenoxy) is 2. The van der Waals surface area contributed by atoms with Crippen LogP contribution < -0.4 is 14.8 Å². The minimum absolute atomic E-state index is 0.302. The number of tetrazole rings is 1. The van der Waals surface area contributed by atoms with E-state index in [1.165, 1.54) is 17.6 Å². The van der Waals surface area contributed by atoms with Crippen LogP contribution in [0.15, 0.2) is 18.2 Å². The van der Waals surface area contributed by atoms with Crippen molar-refractivity contribution in [1.29, 1.82) is 0 Å². The van der Waals surface area contributed by atoms with Gasteiger partial charge in [-0.15, -0.1) is 10.2 Å². The Morgan fingerprint density at radius 2 is 2.24 bits per heavy atom. The first kappa shape index (κ1) is 13.8. The Morgan fingerprint density at radius 1 is 1.38 bits per heavy atom. The summed E-state index contributed by atoms with van der Waals surface area (Å²) < 4.78 is 11.1. The van der Waals surface area contributed by atoms with Crippen molar-refractivity contribution < 1.29 is 9.47 Å². The zero-order valence-corrected chi connectivity index (χ0v) is 12.2. The van der Waals surface area contributed by atoms with E-state index in [4.69, 9.17) is 9.47 Å². The highest BCUT2D eigenvalue weighted by atomic mass is 16.5. The van der Waals surface area contributed by atoms with E-state index in [-0.39, 0.29) is 0 Å². The van der Waals surface area contributed by atoms with Gasteiger partial charge >= 0.3 is 0 Å². The zero-order valence-electron chi connectivity index (χ0n) is 12.2. The van der Waals surface area contributed by atoms with E-state index >= 15 is 0 Å². The molecule has 21 heavy (non-hydrogen) atoms. The average molecular weight is 289 g/mol. The van der Waals surface area contributed by atoms with Gasteiger partial charge in [-0.05, 0) is 36.3 Å². The first-order valence-corrected chi connectivity index (χ1v) is 7.00. The second kappa shape index (κ2) is 6.09. The van der Waals surface area contributed by atoms with Crippen LogP contribution in [0, 0.1) is 0 Å². The molecule has 0 saturated heterocycles. The Kier molecular flexibility index (Phi) is 4.01. The van der Waals surface area contributed by atoms with E-state index in [1.807, 2.05) is 18.2 Å². The van der Waals surface area contributed by atoms with E-state index < -0.39 is 0 Å². The van der Waals surface area contributed by atoms with Gasteiger partial charge in [0.25, 0.3) is 0 Å². The Hall–Kier alpha value is -2.15. The summed E-state index contributed by atoms with van der Waals surface area (Å²) in [6, 6.07) is 6.44. The lowest BCUT2D eigenvalue weighted by Gasteiger charge is -2.12. The summed E-state index contributed by atoms with van der Waals surface area (Å²) in [6.07, 6.45) is 2.51. The van der Waals surface area contributed by atoms with Crippen LogP contribution >= 0.6 is 0 Å². The van der Waals surface area contributed by atoms with Crippen molar-refractivity contribution in [3.8, 4) is 11.5 Å². The third kappa shape index (κ3) is 3.69. The third-order valence-corrected chi connectivity index (χ3v) is 3.33. The number of aromatic nitrogens is 4. The van der Waals surface area contributed by atoms with Crippen molar-refractivity contribution in [3.05, 3.63) is 29.6 Å². The number of nitrogens with one attached hydrogen (secondary N) is 1. The first-order valence-electron chi connectivity index (χ1n) is 7.00. The number of methoxy groups -OCH3 is 1. The first-order chi connectivity index (χ1) is 10.2. The number of nitrogens with zero attached hydrogens (tertiary/aromatic N) is 4. The Bertz CT molecular complexity index is 609. The van der Waals surface area contributed by atoms with Gasteiger partial charge in [0.15, 0.2) is 6.61 Å². The second-order valence-electron chi connectivity index (χ2n) is 5.11. The molecule has 1 aromatic carbocycles. The fourth-order valence-electron chi connectivity index (χ4n) is 2.03. The molecule has 0 atom stereocenters. The molecule has 1 fully saturated rings. The molecule has 0 radical (unpaired) electrons. The average Bonchev–Trinajstić information content (AvgIpc) is 3.24. The fraction of sp³-hybridized carbons (Fsp3) is 0.500. The lowest BCUT2D eigenvalue weighted by molar-refractivity contribution is 0.290. The largest absolute Gasteiger partial charge is 0.497 e. The monoisotopic (exact) mass is 289 g/mol. The molecule has 112 valence electrons. The Morgan fingerprint density at radius 3 is 2.90 bits per heavy atom. The van der Waals surface area contributed by atoms with Gasteiger partial charge in [-0.25, -0.2) is 0 Å². The molecule has 0 unspecified atom stereocenters. The van der Waals surface area contributed by atoms with Crippen LogP contribution in [0.5, 0.6) is 11.5 Å². The van der Waals surface area contributed by atoms with Crippen molar-refractivity contribution in [3.63, 3.8) is 0 Å². The maximum atomic E-state index is 5.81. The highest BCUT2D eigenvalue weighted by molar-refractivity contribution is 5.40. The zero-order chi connectivity index (χ0) is 14.7. The summed E-state index contributed by atoms with van der Waals surface area (Å²) in [4.78, 5) is 1.42. The minimum Gasteiger partial charge on any atom is -0.497 e. The topological polar surface area (TPSA) is 74.1 Å². The van der Waals surface area contributed by atoms with Gasteiger partial charge in [-0.2, -0.15) is 4.80 Å². The quantitative estimate of drug-likeness (QED) is 0.821. The molecule has 7 nitrogen and oxygen atoms in total. The standard InChI is InChI=1S/C14H19N5O2/c1-19-17-14(16-18-19)9-21-13-6-5-12(20-2)7-10(13)8-15-11-3-4-11/h5-7,11,15H,3-4,8-9H2,1-2H3. The third-order valence-electron chi connectivity index (χ3n) is 3.33. The fourth-order valence-corrected chi connectivity index (χ4v) is 2.03. The lowest BCUT2D eigenvalue weighted by Crippen LogP contribution is -2.16. The van der Waals surface area contributed by atoms with Crippen LogP contribution in [0.1, 0.15) is 24.2 Å². The van der Waals surface area contributed by atoms with Gasteiger partial charge in [0.1, 0.15) is 11.5 Å². The second-order valence-corrected chi connectivity index (χ2v) is 5.11. The van der Waals surface area contributed by atoms with E-state index in [1.54, 1.807) is 14.2 Å². The minimum atomic E-state index is 0.302. The van der Waals surface area contributed by atoms with Gasteiger partial charge < -0.3 is 14.8 Å². The van der Waals surface area contributed by atoms with Crippen molar-refractivity contribution >= 4 is 0 Å². The van der Waals surface area contributed by atoms with Crippen molar-refractivity contribution in [1.82, 2.24) is 25.5 Å². The van der Waals surface area contributed by atoms with E-state index in [9.17, 15) is 0 Å². The highest BCUT2D eigenvalue weighted by Crippen LogP contribution is 2.26. The van der Waals surface area contributed by atoms with Gasteiger partial charge in [-0.3, -0.25) is 0 Å². The number of hydrogen-bond acceptors (Lipinski definition) is 6. The molecule has 1 aliphatic carbocycles. The molecule has 1 heterocycles. The van der Waals surface area contributed by atoms with E-state index in [2.05, 4.69) is 20.7 Å². The van der Waals surface area contributed by atoms with Crippen molar-refractivity contribution in [2.45, 2.75) is 32.0 Å². The van der Waals surface area contributed by atoms with Gasteiger partial charge in [0, 0.05) is 18.2 Å². The molecule has 1 aliphatic rings. The predicted octanol–water partition coefficient (Wildman–Crippen LogP) is 1.05. The summed E-state index contributed by atoms with van der Waals surface area (Å²) in [5, 5.41) is 15.3. The molecular weight excluding hydrogens is 270 g/mol. The smallest absolute Gasteiger partial charge is 0.212 e. The van der Waals surface area contributed by atoms with Crippen LogP contribution in [-0.2, 0) is 20.2 Å². The SMILES string of the molecule is COc1ccc(OCc2nnn(C)n2)c(CNC2CC2)c1. The maximum Gasteiger partial charge on any atom is 0.212 e. The number of hydrogen-bond donors (Lipinski definition) is 1. The summed E-state index contributed by atoms with van der Waals surface area (Å²) >= 11 is 0. The summed E-state index contributed by atoms with van der Waals surface area (Å²) in [7, 11) is 3.40. The van der Waals surface area contributed by atoms with E-state index in [0.29, 0.717) is 18.5 Å². The normalized spacial score (nSPS) is 14.2. The summed E-state index contributed by atoms with van der Waals surface area (Å²) in [5.74, 6) is 2.21. The van der Waals surface area contributed by atoms with Crippen LogP contribution in [0.4, 0.5) is 0 Å². The molecule has 0 bridgehead atoms. The number of benzene rings is 1. The maximum absolute atomic E-state index is 5.81. The number of rotatable bonds is 7. The number of aryl methyl sites for hydroxylation is 1. The molecule has 1 N–H and O–H groups in total. The van der Waals surface area contributed by atoms with Gasteiger partial charge in [0.05, 0.1) is 14.2 Å². The van der Waals surface area contributed by atoms with Crippen LogP contribution in [0.2, 0.25) is 0 Å². The van der Waals surface area contributed by atoms with Crippen LogP contribution in [-0.4, -0.2) is 33.4 Å². The summed E-state index contributed by atoms with van der Waals surface area (Å²) in [5.41, 5.74) is 1.07. The molecule has 0 amide bonds.